The normalized spacial score (nSPS) is 16.7. The number of nitrogens with zero attached hydrogens (tertiary/aromatic N) is 1. The van der Waals surface area contributed by atoms with Gasteiger partial charge in [-0.3, -0.25) is 0 Å². The molecule has 4 nitrogen and oxygen atoms in total. The lowest BCUT2D eigenvalue weighted by Crippen LogP contribution is -2.34. The van der Waals surface area contributed by atoms with Gasteiger partial charge in [0.2, 0.25) is 10.0 Å². The van der Waals surface area contributed by atoms with Gasteiger partial charge in [0, 0.05) is 19.6 Å². The first-order chi connectivity index (χ1) is 9.12. The summed E-state index contributed by atoms with van der Waals surface area (Å²) in [5.74, 6) is 0.0817. The van der Waals surface area contributed by atoms with E-state index < -0.39 is 10.0 Å². The summed E-state index contributed by atoms with van der Waals surface area (Å²) in [6.45, 7) is 1.84. The molecule has 0 aliphatic carbocycles. The highest BCUT2D eigenvalue weighted by Gasteiger charge is 2.22. The number of hydrogen-bond donors (Lipinski definition) is 1. The number of sulfonamides is 1. The molecule has 0 unspecified atom stereocenters. The van der Waals surface area contributed by atoms with Crippen molar-refractivity contribution in [2.24, 2.45) is 0 Å². The summed E-state index contributed by atoms with van der Waals surface area (Å²) < 4.78 is 26.2. The smallest absolute Gasteiger partial charge is 0.218 e. The Morgan fingerprint density at radius 3 is 2.74 bits per heavy atom. The van der Waals surface area contributed by atoms with E-state index in [0.717, 1.165) is 24.1 Å². The van der Waals surface area contributed by atoms with Crippen molar-refractivity contribution in [1.82, 2.24) is 9.62 Å². The second-order valence-corrected chi connectivity index (χ2v) is 6.69. The summed E-state index contributed by atoms with van der Waals surface area (Å²) in [5.41, 5.74) is 1.95. The van der Waals surface area contributed by atoms with Crippen molar-refractivity contribution >= 4 is 10.0 Å². The Morgan fingerprint density at radius 2 is 2.05 bits per heavy atom. The molecule has 104 valence electrons. The van der Waals surface area contributed by atoms with E-state index >= 15 is 0 Å². The Morgan fingerprint density at radius 1 is 1.26 bits per heavy atom. The minimum absolute atomic E-state index is 0.0817. The number of rotatable bonds is 5. The van der Waals surface area contributed by atoms with Crippen LogP contribution in [0.5, 0.6) is 0 Å². The van der Waals surface area contributed by atoms with Gasteiger partial charge in [-0.15, -0.1) is 0 Å². The van der Waals surface area contributed by atoms with Crippen LogP contribution in [0.3, 0.4) is 0 Å². The van der Waals surface area contributed by atoms with Gasteiger partial charge < -0.3 is 5.32 Å². The molecule has 0 fully saturated rings. The predicted molar refractivity (Wildman–Crippen MR) is 77.2 cm³/mol. The quantitative estimate of drug-likeness (QED) is 0.832. The van der Waals surface area contributed by atoms with Gasteiger partial charge in [0.15, 0.2) is 0 Å². The lowest BCUT2D eigenvalue weighted by molar-refractivity contribution is 0.437. The van der Waals surface area contributed by atoms with Crippen molar-refractivity contribution in [2.75, 3.05) is 20.1 Å². The van der Waals surface area contributed by atoms with Crippen molar-refractivity contribution < 1.29 is 8.42 Å². The number of nitrogens with one attached hydrogen (secondary N) is 1. The number of hydrogen-bond acceptors (Lipinski definition) is 3. The maximum Gasteiger partial charge on any atom is 0.218 e. The molecule has 1 aliphatic rings. The first-order valence-corrected chi connectivity index (χ1v) is 8.08. The fraction of sp³-hybridized carbons (Fsp3) is 0.429. The fourth-order valence-corrected chi connectivity index (χ4v) is 3.69. The molecule has 1 N–H and O–H groups in total. The van der Waals surface area contributed by atoms with Crippen molar-refractivity contribution in [1.29, 1.82) is 0 Å². The molecule has 1 aliphatic heterocycles. The van der Waals surface area contributed by atoms with Gasteiger partial charge in [0.1, 0.15) is 0 Å². The zero-order valence-corrected chi connectivity index (χ0v) is 12.0. The molecule has 0 spiro atoms. The average molecular weight is 280 g/mol. The largest absolute Gasteiger partial charge is 0.316 e. The van der Waals surface area contributed by atoms with E-state index in [1.54, 1.807) is 4.31 Å². The zero-order valence-electron chi connectivity index (χ0n) is 11.2. The average Bonchev–Trinajstić information content (AvgIpc) is 2.40. The Balaban J connectivity index is 2.11. The summed E-state index contributed by atoms with van der Waals surface area (Å²) in [7, 11) is -1.33. The third-order valence-electron chi connectivity index (χ3n) is 3.14. The van der Waals surface area contributed by atoms with Crippen LogP contribution in [0.15, 0.2) is 36.4 Å². The predicted octanol–water partition coefficient (Wildman–Crippen LogP) is 1.50. The fourth-order valence-electron chi connectivity index (χ4n) is 2.21. The van der Waals surface area contributed by atoms with Crippen molar-refractivity contribution in [2.45, 2.75) is 18.7 Å². The molecule has 0 amide bonds. The van der Waals surface area contributed by atoms with Crippen LogP contribution in [0.2, 0.25) is 0 Å². The lowest BCUT2D eigenvalue weighted by atomic mass is 10.1. The molecule has 1 aromatic carbocycles. The molecule has 2 rings (SSSR count). The highest BCUT2D eigenvalue weighted by atomic mass is 32.2. The van der Waals surface area contributed by atoms with E-state index in [-0.39, 0.29) is 5.75 Å². The van der Waals surface area contributed by atoms with Crippen LogP contribution in [-0.2, 0) is 22.3 Å². The van der Waals surface area contributed by atoms with E-state index in [1.165, 1.54) is 0 Å². The summed E-state index contributed by atoms with van der Waals surface area (Å²) in [6.07, 6.45) is 4.75. The van der Waals surface area contributed by atoms with E-state index in [4.69, 9.17) is 0 Å². The monoisotopic (exact) mass is 280 g/mol. The van der Waals surface area contributed by atoms with Crippen LogP contribution >= 0.6 is 0 Å². The molecular weight excluding hydrogens is 260 g/mol. The van der Waals surface area contributed by atoms with Gasteiger partial charge in [-0.25, -0.2) is 8.42 Å². The van der Waals surface area contributed by atoms with Crippen LogP contribution in [0.25, 0.3) is 0 Å². The Hall–Kier alpha value is -1.17. The maximum atomic E-state index is 12.3. The third kappa shape index (κ3) is 3.89. The van der Waals surface area contributed by atoms with Gasteiger partial charge in [-0.2, -0.15) is 4.31 Å². The topological polar surface area (TPSA) is 49.4 Å². The second-order valence-electron chi connectivity index (χ2n) is 4.72. The standard InChI is InChI=1S/C14H20N2O2S/c1-15-11-13-6-5-7-14(10-13)12-19(17,18)16-8-3-2-4-9-16/h2-3,5-7,10,15H,4,8-9,11-12H2,1H3. The molecule has 1 aromatic rings. The molecule has 5 heteroatoms. The third-order valence-corrected chi connectivity index (χ3v) is 4.95. The van der Waals surface area contributed by atoms with Crippen LogP contribution in [-0.4, -0.2) is 32.9 Å². The molecule has 19 heavy (non-hydrogen) atoms. The van der Waals surface area contributed by atoms with Crippen LogP contribution in [0.4, 0.5) is 0 Å². The Kier molecular flexibility index (Phi) is 4.74. The van der Waals surface area contributed by atoms with E-state index in [2.05, 4.69) is 5.32 Å². The molecule has 0 radical (unpaired) electrons. The summed E-state index contributed by atoms with van der Waals surface area (Å²) in [4.78, 5) is 0. The van der Waals surface area contributed by atoms with Crippen molar-refractivity contribution in [3.05, 3.63) is 47.5 Å². The van der Waals surface area contributed by atoms with Crippen LogP contribution in [0.1, 0.15) is 17.5 Å². The van der Waals surface area contributed by atoms with E-state index in [9.17, 15) is 8.42 Å². The van der Waals surface area contributed by atoms with Crippen LogP contribution in [0, 0.1) is 0 Å². The molecule has 1 heterocycles. The molecular formula is C14H20N2O2S. The molecule has 0 atom stereocenters. The highest BCUT2D eigenvalue weighted by Crippen LogP contribution is 2.15. The molecule has 0 bridgehead atoms. The minimum atomic E-state index is -3.21. The summed E-state index contributed by atoms with van der Waals surface area (Å²) in [5, 5.41) is 3.07. The summed E-state index contributed by atoms with van der Waals surface area (Å²) in [6, 6.07) is 7.73. The zero-order chi connectivity index (χ0) is 13.7. The molecule has 0 saturated heterocycles. The minimum Gasteiger partial charge on any atom is -0.316 e. The van der Waals surface area contributed by atoms with E-state index in [0.29, 0.717) is 13.1 Å². The highest BCUT2D eigenvalue weighted by molar-refractivity contribution is 7.88. The first-order valence-electron chi connectivity index (χ1n) is 6.47. The lowest BCUT2D eigenvalue weighted by Gasteiger charge is -2.22. The summed E-state index contributed by atoms with van der Waals surface area (Å²) >= 11 is 0. The van der Waals surface area contributed by atoms with Crippen molar-refractivity contribution in [3.8, 4) is 0 Å². The SMILES string of the molecule is CNCc1cccc(CS(=O)(=O)N2CC=CCC2)c1. The second kappa shape index (κ2) is 6.32. The van der Waals surface area contributed by atoms with Gasteiger partial charge in [0.25, 0.3) is 0 Å². The van der Waals surface area contributed by atoms with Gasteiger partial charge in [-0.1, -0.05) is 36.4 Å². The van der Waals surface area contributed by atoms with E-state index in [1.807, 2.05) is 43.5 Å². The Bertz CT molecular complexity index is 552. The first kappa shape index (κ1) is 14.2. The van der Waals surface area contributed by atoms with Crippen LogP contribution < -0.4 is 5.32 Å². The Labute approximate surface area is 115 Å². The van der Waals surface area contributed by atoms with Gasteiger partial charge in [-0.05, 0) is 24.6 Å². The van der Waals surface area contributed by atoms with Gasteiger partial charge >= 0.3 is 0 Å². The van der Waals surface area contributed by atoms with Crippen molar-refractivity contribution in [3.63, 3.8) is 0 Å². The van der Waals surface area contributed by atoms with Gasteiger partial charge in [0.05, 0.1) is 5.75 Å². The number of benzene rings is 1. The molecule has 0 aromatic heterocycles. The maximum absolute atomic E-state index is 12.3. The molecule has 0 saturated carbocycles.